The van der Waals surface area contributed by atoms with Gasteiger partial charge in [0.1, 0.15) is 0 Å². The normalized spacial score (nSPS) is 16.5. The third kappa shape index (κ3) is 8.89. The quantitative estimate of drug-likeness (QED) is 0.154. The SMILES string of the molecule is COc1c(C(C)(C)C)cc2c(c1-c1cc(C)cc(C)c1)C=C(C)[CH]2[Zr+2]([CH]1C(C)=Cc2c(-c3ccc(C(C)(C)C)cc3)c3c(c(-c4ccc(C(C)(C)C)cc4)c21)CCC3)=[Si](C)C.[Cl-].[Cl-]. The van der Waals surface area contributed by atoms with Crippen molar-refractivity contribution in [2.24, 2.45) is 0 Å². The number of hydrogen-bond acceptors (Lipinski definition) is 1. The molecule has 330 valence electrons. The Morgan fingerprint density at radius 2 is 1.03 bits per heavy atom. The molecule has 8 rings (SSSR count). The van der Waals surface area contributed by atoms with Gasteiger partial charge in [0.15, 0.2) is 0 Å². The molecule has 0 aliphatic heterocycles. The van der Waals surface area contributed by atoms with E-state index in [1.54, 1.807) is 39.0 Å². The second kappa shape index (κ2) is 18.0. The van der Waals surface area contributed by atoms with Crippen molar-refractivity contribution in [2.45, 2.75) is 146 Å². The first-order chi connectivity index (χ1) is 28.6. The topological polar surface area (TPSA) is 9.23 Å². The zero-order valence-electron chi connectivity index (χ0n) is 41.0. The molecular formula is C58H70Cl2OSiZr. The van der Waals surface area contributed by atoms with Crippen molar-refractivity contribution < 1.29 is 49.9 Å². The van der Waals surface area contributed by atoms with Crippen LogP contribution in [0.25, 0.3) is 45.5 Å². The van der Waals surface area contributed by atoms with Gasteiger partial charge in [-0.05, 0) is 0 Å². The number of hydrogen-bond donors (Lipinski definition) is 0. The van der Waals surface area contributed by atoms with Gasteiger partial charge >= 0.3 is 380 Å². The first kappa shape index (κ1) is 49.5. The van der Waals surface area contributed by atoms with Crippen molar-refractivity contribution in [2.75, 3.05) is 7.11 Å². The van der Waals surface area contributed by atoms with E-state index < -0.39 is 25.8 Å². The fraction of sp³-hybridized carbons (Fsp3) is 0.414. The third-order valence-electron chi connectivity index (χ3n) is 14.1. The van der Waals surface area contributed by atoms with E-state index in [9.17, 15) is 0 Å². The molecule has 0 saturated heterocycles. The summed E-state index contributed by atoms with van der Waals surface area (Å²) in [7, 11) is 1.89. The van der Waals surface area contributed by atoms with Crippen LogP contribution in [0.4, 0.5) is 0 Å². The molecule has 2 unspecified atom stereocenters. The number of halogens is 2. The summed E-state index contributed by atoms with van der Waals surface area (Å²) < 4.78 is 7.50. The maximum absolute atomic E-state index is 6.51. The smallest absolute Gasteiger partial charge is 1.00 e. The predicted octanol–water partition coefficient (Wildman–Crippen LogP) is 10.2. The van der Waals surface area contributed by atoms with Crippen molar-refractivity contribution in [1.82, 2.24) is 0 Å². The molecule has 0 amide bonds. The number of allylic oxidation sites excluding steroid dienone is 2. The number of ether oxygens (including phenoxy) is 1. The molecule has 0 heterocycles. The van der Waals surface area contributed by atoms with E-state index >= 15 is 0 Å². The van der Waals surface area contributed by atoms with E-state index in [0.717, 1.165) is 18.6 Å². The number of benzene rings is 5. The van der Waals surface area contributed by atoms with Gasteiger partial charge in [-0.15, -0.1) is 0 Å². The predicted molar refractivity (Wildman–Crippen MR) is 264 cm³/mol. The van der Waals surface area contributed by atoms with Crippen molar-refractivity contribution in [3.63, 3.8) is 0 Å². The minimum absolute atomic E-state index is 0. The summed E-state index contributed by atoms with van der Waals surface area (Å²) in [6, 6.07) is 29.2. The van der Waals surface area contributed by atoms with E-state index in [4.69, 9.17) is 4.74 Å². The molecule has 0 fully saturated rings. The molecular weight excluding hydrogens is 903 g/mol. The molecule has 2 atom stereocenters. The Bertz CT molecular complexity index is 2670. The Morgan fingerprint density at radius 3 is 1.51 bits per heavy atom. The number of methoxy groups -OCH3 is 1. The Hall–Kier alpha value is -2.94. The van der Waals surface area contributed by atoms with Crippen LogP contribution in [0.5, 0.6) is 5.75 Å². The van der Waals surface area contributed by atoms with Gasteiger partial charge in [0.05, 0.1) is 0 Å². The van der Waals surface area contributed by atoms with Gasteiger partial charge in [-0.25, -0.2) is 0 Å². The van der Waals surface area contributed by atoms with Crippen LogP contribution in [0, 0.1) is 13.8 Å². The van der Waals surface area contributed by atoms with Crippen LogP contribution < -0.4 is 29.6 Å². The van der Waals surface area contributed by atoms with Crippen molar-refractivity contribution in [3.8, 4) is 39.1 Å². The summed E-state index contributed by atoms with van der Waals surface area (Å²) in [5, 5.41) is 0. The van der Waals surface area contributed by atoms with E-state index in [1.807, 2.05) is 7.11 Å². The second-order valence-electron chi connectivity index (χ2n) is 22.1. The first-order valence-corrected chi connectivity index (χ1v) is 31.9. The van der Waals surface area contributed by atoms with Crippen LogP contribution >= 0.6 is 0 Å². The van der Waals surface area contributed by atoms with E-state index in [-0.39, 0.29) is 41.1 Å². The maximum Gasteiger partial charge on any atom is -1.00 e. The van der Waals surface area contributed by atoms with Gasteiger partial charge in [-0.3, -0.25) is 0 Å². The Labute approximate surface area is 401 Å². The maximum atomic E-state index is 6.51. The number of fused-ring (bicyclic) bond motifs is 3. The molecule has 63 heavy (non-hydrogen) atoms. The molecule has 0 radical (unpaired) electrons. The summed E-state index contributed by atoms with van der Waals surface area (Å²) in [6.07, 6.45) is 8.83. The van der Waals surface area contributed by atoms with Crippen molar-refractivity contribution in [3.05, 3.63) is 145 Å². The monoisotopic (exact) mass is 970 g/mol. The third-order valence-corrected chi connectivity index (χ3v) is 33.9. The molecule has 5 aromatic rings. The zero-order chi connectivity index (χ0) is 44.1. The summed E-state index contributed by atoms with van der Waals surface area (Å²) in [5.74, 6) is 1.05. The Balaban J connectivity index is 0.00000330. The minimum Gasteiger partial charge on any atom is -1.00 e. The molecule has 3 aliphatic rings. The molecule has 0 N–H and O–H groups in total. The number of aryl methyl sites for hydroxylation is 2. The van der Waals surface area contributed by atoms with Crippen molar-refractivity contribution >= 4 is 17.6 Å². The fourth-order valence-corrected chi connectivity index (χ4v) is 31.9. The summed E-state index contributed by atoms with van der Waals surface area (Å²) in [6.45, 7) is 36.0. The van der Waals surface area contributed by atoms with Crippen LogP contribution in [-0.4, -0.2) is 12.5 Å². The van der Waals surface area contributed by atoms with Crippen LogP contribution in [0.1, 0.15) is 151 Å². The number of rotatable bonds is 6. The van der Waals surface area contributed by atoms with Gasteiger partial charge in [-0.1, -0.05) is 0 Å². The van der Waals surface area contributed by atoms with Crippen LogP contribution in [-0.2, 0) is 49.5 Å². The van der Waals surface area contributed by atoms with Gasteiger partial charge in [-0.2, -0.15) is 0 Å². The van der Waals surface area contributed by atoms with Gasteiger partial charge in [0, 0.05) is 0 Å². The molecule has 3 aliphatic carbocycles. The minimum atomic E-state index is -2.55. The summed E-state index contributed by atoms with van der Waals surface area (Å²) in [4.78, 5) is 0. The average molecular weight is 973 g/mol. The van der Waals surface area contributed by atoms with Crippen LogP contribution in [0.15, 0.2) is 83.9 Å². The molecule has 5 heteroatoms. The van der Waals surface area contributed by atoms with Crippen LogP contribution in [0.2, 0.25) is 13.1 Å². The molecule has 1 nitrogen and oxygen atoms in total. The largest absolute Gasteiger partial charge is 1.00 e. The van der Waals surface area contributed by atoms with Gasteiger partial charge in [0.2, 0.25) is 0 Å². The Kier molecular flexibility index (Phi) is 14.2. The summed E-state index contributed by atoms with van der Waals surface area (Å²) in [5.41, 5.74) is 27.3. The average Bonchev–Trinajstić information content (AvgIpc) is 3.87. The second-order valence-corrected chi connectivity index (χ2v) is 40.0. The zero-order valence-corrected chi connectivity index (χ0v) is 46.0. The van der Waals surface area contributed by atoms with E-state index in [1.165, 1.54) is 73.2 Å². The summed E-state index contributed by atoms with van der Waals surface area (Å²) >= 11 is -2.55. The first-order valence-electron chi connectivity index (χ1n) is 22.9. The van der Waals surface area contributed by atoms with E-state index in [0.29, 0.717) is 7.25 Å². The van der Waals surface area contributed by atoms with E-state index in [2.05, 4.69) is 188 Å². The van der Waals surface area contributed by atoms with Crippen molar-refractivity contribution in [1.29, 1.82) is 0 Å². The van der Waals surface area contributed by atoms with Gasteiger partial charge in [0.25, 0.3) is 0 Å². The molecule has 0 saturated carbocycles. The Morgan fingerprint density at radius 1 is 0.556 bits per heavy atom. The molecule has 5 aromatic carbocycles. The van der Waals surface area contributed by atoms with Gasteiger partial charge < -0.3 is 24.8 Å². The fourth-order valence-electron chi connectivity index (χ4n) is 11.2. The molecule has 0 spiro atoms. The standard InChI is InChI=1S/C33H37.C23H27O.C2H6Si.2ClH.Zr/c1-21-19-28-29(20-21)31(23-13-17-25(18-14-23)33(5,6)7)27-10-8-9-26(27)30(28)22-11-15-24(16-12-22)32(2,3)4;1-14-8-15(2)11-18(10-14)21-19-12-16(3)9-17(19)13-20(22(21)24-7)23(4,5)6;1-3-2;;;/h11-20H,8-10H2,1-7H3;8-13H,1-7H3;1-2H3;2*1H;/q;;;;;+2/p-2. The van der Waals surface area contributed by atoms with Crippen LogP contribution in [0.3, 0.4) is 0 Å². The molecule has 0 aromatic heterocycles. The molecule has 0 bridgehead atoms.